The van der Waals surface area contributed by atoms with Gasteiger partial charge >= 0.3 is 6.09 Å². The second kappa shape index (κ2) is 8.26. The third-order valence-electron chi connectivity index (χ3n) is 4.88. The van der Waals surface area contributed by atoms with E-state index >= 15 is 0 Å². The minimum absolute atomic E-state index is 0.203. The van der Waals surface area contributed by atoms with Crippen LogP contribution in [0, 0.1) is 0 Å². The molecule has 0 atom stereocenters. The van der Waals surface area contributed by atoms with Crippen molar-refractivity contribution in [2.24, 2.45) is 0 Å². The molecule has 0 spiro atoms. The number of nitrogens with zero attached hydrogens (tertiary/aromatic N) is 1. The maximum atomic E-state index is 12.5. The average molecular weight is 393 g/mol. The molecule has 4 rings (SSSR count). The van der Waals surface area contributed by atoms with Crippen LogP contribution in [0.15, 0.2) is 48.5 Å². The Labute approximate surface area is 169 Å². The maximum absolute atomic E-state index is 12.5. The number of H-pyrrole nitrogens is 1. The molecule has 0 bridgehead atoms. The van der Waals surface area contributed by atoms with E-state index in [1.54, 1.807) is 14.2 Å². The van der Waals surface area contributed by atoms with Gasteiger partial charge in [-0.3, -0.25) is 10.4 Å². The third kappa shape index (κ3) is 4.18. The van der Waals surface area contributed by atoms with Gasteiger partial charge < -0.3 is 14.2 Å². The lowest BCUT2D eigenvalue weighted by Gasteiger charge is -2.11. The topological polar surface area (TPSA) is 85.5 Å². The Morgan fingerprint density at radius 3 is 2.55 bits per heavy atom. The van der Waals surface area contributed by atoms with Gasteiger partial charge in [0.2, 0.25) is 0 Å². The van der Waals surface area contributed by atoms with Crippen LogP contribution in [0.2, 0.25) is 0 Å². The number of amides is 1. The number of aromatic nitrogens is 2. The molecule has 150 valence electrons. The number of methoxy groups -OCH3 is 2. The van der Waals surface area contributed by atoms with Gasteiger partial charge in [-0.1, -0.05) is 30.3 Å². The fourth-order valence-electron chi connectivity index (χ4n) is 3.20. The summed E-state index contributed by atoms with van der Waals surface area (Å²) >= 11 is 0. The van der Waals surface area contributed by atoms with Crippen LogP contribution in [0.4, 0.5) is 10.5 Å². The van der Waals surface area contributed by atoms with Gasteiger partial charge in [0.05, 0.1) is 25.6 Å². The fourth-order valence-corrected chi connectivity index (χ4v) is 3.20. The number of carbonyl (C=O) groups excluding carboxylic acids is 1. The smallest absolute Gasteiger partial charge is 0.412 e. The molecule has 2 aromatic carbocycles. The molecule has 7 nitrogen and oxygen atoms in total. The number of benzene rings is 2. The Hall–Kier alpha value is -3.48. The van der Waals surface area contributed by atoms with Crippen LogP contribution in [0.25, 0.3) is 11.3 Å². The molecule has 0 aliphatic heterocycles. The predicted molar refractivity (Wildman–Crippen MR) is 109 cm³/mol. The second-order valence-electron chi connectivity index (χ2n) is 6.89. The normalized spacial score (nSPS) is 13.0. The Kier molecular flexibility index (Phi) is 5.37. The van der Waals surface area contributed by atoms with Gasteiger partial charge in [-0.2, -0.15) is 5.10 Å². The largest absolute Gasteiger partial charge is 0.493 e. The predicted octanol–water partition coefficient (Wildman–Crippen LogP) is 4.72. The molecule has 0 unspecified atom stereocenters. The van der Waals surface area contributed by atoms with Gasteiger partial charge in [0.1, 0.15) is 12.3 Å². The standard InChI is InChI=1S/C22H23N3O4/c1-27-17-11-10-16(12-18(17)28-2)20-21(19(24-25-20)15-8-9-15)23-22(26)29-13-14-6-4-3-5-7-14/h3-7,10-12,15H,8-9,13H2,1-2H3,(H,23,26)(H,24,25). The lowest BCUT2D eigenvalue weighted by atomic mass is 10.1. The Balaban J connectivity index is 1.57. The molecule has 1 aliphatic carbocycles. The minimum Gasteiger partial charge on any atom is -0.493 e. The number of carbonyl (C=O) groups is 1. The minimum atomic E-state index is -0.515. The summed E-state index contributed by atoms with van der Waals surface area (Å²) in [5.41, 5.74) is 3.95. The lowest BCUT2D eigenvalue weighted by molar-refractivity contribution is 0.155. The molecule has 1 aliphatic rings. The van der Waals surface area contributed by atoms with Gasteiger partial charge in [0.25, 0.3) is 0 Å². The first-order valence-corrected chi connectivity index (χ1v) is 9.48. The number of anilines is 1. The highest BCUT2D eigenvalue weighted by molar-refractivity contribution is 5.92. The van der Waals surface area contributed by atoms with Crippen LogP contribution in [-0.4, -0.2) is 30.5 Å². The van der Waals surface area contributed by atoms with Crippen LogP contribution in [0.5, 0.6) is 11.5 Å². The number of nitrogens with one attached hydrogen (secondary N) is 2. The van der Waals surface area contributed by atoms with Crippen molar-refractivity contribution in [2.45, 2.75) is 25.4 Å². The average Bonchev–Trinajstić information content (AvgIpc) is 3.53. The summed E-state index contributed by atoms with van der Waals surface area (Å²) in [7, 11) is 3.18. The van der Waals surface area contributed by atoms with Gasteiger partial charge in [0.15, 0.2) is 11.5 Å². The zero-order chi connectivity index (χ0) is 20.2. The highest BCUT2D eigenvalue weighted by Gasteiger charge is 2.31. The van der Waals surface area contributed by atoms with Gasteiger partial charge in [0, 0.05) is 11.5 Å². The Morgan fingerprint density at radius 1 is 1.10 bits per heavy atom. The highest BCUT2D eigenvalue weighted by Crippen LogP contribution is 2.45. The van der Waals surface area contributed by atoms with Crippen molar-refractivity contribution in [3.63, 3.8) is 0 Å². The molecular formula is C22H23N3O4. The fraction of sp³-hybridized carbons (Fsp3) is 0.273. The molecule has 1 fully saturated rings. The number of rotatable bonds is 7. The van der Waals surface area contributed by atoms with Crippen LogP contribution in [-0.2, 0) is 11.3 Å². The van der Waals surface area contributed by atoms with Gasteiger partial charge in [-0.15, -0.1) is 0 Å². The highest BCUT2D eigenvalue weighted by atomic mass is 16.5. The van der Waals surface area contributed by atoms with Crippen molar-refractivity contribution < 1.29 is 19.0 Å². The molecule has 1 amide bonds. The number of ether oxygens (including phenoxy) is 3. The summed E-state index contributed by atoms with van der Waals surface area (Å²) in [6.45, 7) is 0.203. The van der Waals surface area contributed by atoms with E-state index in [4.69, 9.17) is 14.2 Å². The monoisotopic (exact) mass is 393 g/mol. The molecule has 0 radical (unpaired) electrons. The van der Waals surface area contributed by atoms with Gasteiger partial charge in [-0.05, 0) is 36.6 Å². The van der Waals surface area contributed by atoms with Gasteiger partial charge in [-0.25, -0.2) is 4.79 Å². The van der Waals surface area contributed by atoms with Crippen LogP contribution >= 0.6 is 0 Å². The molecule has 0 saturated heterocycles. The van der Waals surface area contributed by atoms with E-state index in [0.29, 0.717) is 28.8 Å². The lowest BCUT2D eigenvalue weighted by Crippen LogP contribution is -2.14. The Bertz CT molecular complexity index is 997. The second-order valence-corrected chi connectivity index (χ2v) is 6.89. The summed E-state index contributed by atoms with van der Waals surface area (Å²) < 4.78 is 16.1. The molecule has 2 N–H and O–H groups in total. The SMILES string of the molecule is COc1ccc(-c2n[nH]c(C3CC3)c2NC(=O)OCc2ccccc2)cc1OC. The molecular weight excluding hydrogens is 370 g/mol. The van der Waals surface area contributed by atoms with Crippen LogP contribution < -0.4 is 14.8 Å². The van der Waals surface area contributed by atoms with E-state index in [1.807, 2.05) is 48.5 Å². The van der Waals surface area contributed by atoms with E-state index in [9.17, 15) is 4.79 Å². The summed E-state index contributed by atoms with van der Waals surface area (Å²) in [5, 5.41) is 10.4. The summed E-state index contributed by atoms with van der Waals surface area (Å²) in [5.74, 6) is 1.60. The summed E-state index contributed by atoms with van der Waals surface area (Å²) in [4.78, 5) is 12.5. The molecule has 7 heteroatoms. The molecule has 1 heterocycles. The van der Waals surface area contributed by atoms with E-state index < -0.39 is 6.09 Å². The van der Waals surface area contributed by atoms with Crippen molar-refractivity contribution in [3.8, 4) is 22.8 Å². The van der Waals surface area contributed by atoms with Crippen LogP contribution in [0.3, 0.4) is 0 Å². The summed E-state index contributed by atoms with van der Waals surface area (Å²) in [6, 6.07) is 15.1. The number of hydrogen-bond donors (Lipinski definition) is 2. The maximum Gasteiger partial charge on any atom is 0.412 e. The number of hydrogen-bond acceptors (Lipinski definition) is 5. The third-order valence-corrected chi connectivity index (χ3v) is 4.88. The molecule has 1 saturated carbocycles. The van der Waals surface area contributed by atoms with E-state index in [2.05, 4.69) is 15.5 Å². The first kappa shape index (κ1) is 18.9. The first-order valence-electron chi connectivity index (χ1n) is 9.48. The van der Waals surface area contributed by atoms with Crippen molar-refractivity contribution in [1.29, 1.82) is 0 Å². The molecule has 29 heavy (non-hydrogen) atoms. The first-order chi connectivity index (χ1) is 14.2. The zero-order valence-corrected chi connectivity index (χ0v) is 16.4. The number of aromatic amines is 1. The van der Waals surface area contributed by atoms with E-state index in [0.717, 1.165) is 29.7 Å². The Morgan fingerprint density at radius 2 is 1.86 bits per heavy atom. The molecule has 3 aromatic rings. The van der Waals surface area contributed by atoms with Crippen molar-refractivity contribution >= 4 is 11.8 Å². The van der Waals surface area contributed by atoms with E-state index in [1.165, 1.54) is 0 Å². The summed E-state index contributed by atoms with van der Waals surface area (Å²) in [6.07, 6.45) is 1.63. The van der Waals surface area contributed by atoms with Crippen molar-refractivity contribution in [1.82, 2.24) is 10.2 Å². The van der Waals surface area contributed by atoms with Crippen LogP contribution in [0.1, 0.15) is 30.0 Å². The van der Waals surface area contributed by atoms with E-state index in [-0.39, 0.29) is 6.61 Å². The van der Waals surface area contributed by atoms with Crippen molar-refractivity contribution in [2.75, 3.05) is 19.5 Å². The molecule has 1 aromatic heterocycles. The zero-order valence-electron chi connectivity index (χ0n) is 16.4. The van der Waals surface area contributed by atoms with Crippen molar-refractivity contribution in [3.05, 3.63) is 59.8 Å². The quantitative estimate of drug-likeness (QED) is 0.607.